The number of hydrogen-bond acceptors (Lipinski definition) is 5. The number of carbonyl (C=O) groups is 1. The summed E-state index contributed by atoms with van der Waals surface area (Å²) >= 11 is 0. The molecule has 112 valence electrons. The van der Waals surface area contributed by atoms with E-state index in [2.05, 4.69) is 6.58 Å². The zero-order chi connectivity index (χ0) is 15.7. The maximum Gasteiger partial charge on any atom is 0.285 e. The number of likely N-dealkylation sites (tertiary alicyclic amines) is 1. The van der Waals surface area contributed by atoms with Crippen LogP contribution in [0.4, 0.5) is 5.69 Å². The Morgan fingerprint density at radius 3 is 2.81 bits per heavy atom. The fraction of sp³-hybridized carbons (Fsp3) is 0.357. The molecule has 0 spiro atoms. The van der Waals surface area contributed by atoms with Crippen LogP contribution in [0.3, 0.4) is 0 Å². The summed E-state index contributed by atoms with van der Waals surface area (Å²) in [6.07, 6.45) is 0.479. The lowest BCUT2D eigenvalue weighted by Crippen LogP contribution is -2.38. The molecule has 0 unspecified atom stereocenters. The predicted octanol–water partition coefficient (Wildman–Crippen LogP) is 1.37. The highest BCUT2D eigenvalue weighted by molar-refractivity contribution is 5.99. The largest absolute Gasteiger partial charge is 0.507 e. The minimum Gasteiger partial charge on any atom is -0.507 e. The number of benzene rings is 1. The molecule has 0 bridgehead atoms. The van der Waals surface area contributed by atoms with Crippen molar-refractivity contribution in [3.8, 4) is 5.75 Å². The van der Waals surface area contributed by atoms with E-state index >= 15 is 0 Å². The molecule has 7 heteroatoms. The zero-order valence-electron chi connectivity index (χ0n) is 11.6. The number of nitrogens with zero attached hydrogens (tertiary/aromatic N) is 2. The molecule has 0 saturated carbocycles. The van der Waals surface area contributed by atoms with Crippen LogP contribution in [0.25, 0.3) is 0 Å². The standard InChI is InChI=1S/C14H16N2O5/c1-8-3-10(7-17)15(6-8)14(19)11-4-9(2)13(18)5-12(11)16(20)21/h4-5,10,17-18H,1,3,6-7H2,2H3/t10-/m0/s1. The van der Waals surface area contributed by atoms with Crippen molar-refractivity contribution in [2.24, 2.45) is 0 Å². The first-order chi connectivity index (χ1) is 9.85. The van der Waals surface area contributed by atoms with Gasteiger partial charge in [-0.1, -0.05) is 12.2 Å². The molecule has 21 heavy (non-hydrogen) atoms. The third-order valence-electron chi connectivity index (χ3n) is 3.57. The van der Waals surface area contributed by atoms with E-state index in [9.17, 15) is 25.1 Å². The second-order valence-electron chi connectivity index (χ2n) is 5.14. The second-order valence-corrected chi connectivity index (χ2v) is 5.14. The van der Waals surface area contributed by atoms with E-state index in [4.69, 9.17) is 0 Å². The van der Waals surface area contributed by atoms with Crippen LogP contribution in [-0.4, -0.2) is 45.1 Å². The number of aryl methyl sites for hydroxylation is 1. The Labute approximate surface area is 121 Å². The monoisotopic (exact) mass is 292 g/mol. The summed E-state index contributed by atoms with van der Waals surface area (Å²) < 4.78 is 0. The maximum atomic E-state index is 12.5. The first kappa shape index (κ1) is 15.0. The van der Waals surface area contributed by atoms with Crippen molar-refractivity contribution in [2.45, 2.75) is 19.4 Å². The van der Waals surface area contributed by atoms with E-state index < -0.39 is 22.6 Å². The van der Waals surface area contributed by atoms with Gasteiger partial charge >= 0.3 is 0 Å². The number of nitro benzene ring substituents is 1. The van der Waals surface area contributed by atoms with Crippen LogP contribution in [0.2, 0.25) is 0 Å². The Hall–Kier alpha value is -2.41. The molecule has 1 aromatic rings. The molecule has 1 aromatic carbocycles. The van der Waals surface area contributed by atoms with E-state index in [1.807, 2.05) is 0 Å². The lowest BCUT2D eigenvalue weighted by atomic mass is 10.1. The van der Waals surface area contributed by atoms with E-state index in [1.165, 1.54) is 11.0 Å². The van der Waals surface area contributed by atoms with Gasteiger partial charge in [-0.25, -0.2) is 0 Å². The summed E-state index contributed by atoms with van der Waals surface area (Å²) in [6, 6.07) is 1.85. The lowest BCUT2D eigenvalue weighted by molar-refractivity contribution is -0.385. The number of phenolic OH excluding ortho intramolecular Hbond substituents is 1. The molecule has 1 heterocycles. The molecule has 0 radical (unpaired) electrons. The third-order valence-corrected chi connectivity index (χ3v) is 3.57. The highest BCUT2D eigenvalue weighted by atomic mass is 16.6. The number of rotatable bonds is 3. The Bertz CT molecular complexity index is 626. The molecule has 7 nitrogen and oxygen atoms in total. The van der Waals surface area contributed by atoms with Crippen molar-refractivity contribution in [3.63, 3.8) is 0 Å². The Morgan fingerprint density at radius 2 is 2.24 bits per heavy atom. The van der Waals surface area contributed by atoms with E-state index in [1.54, 1.807) is 6.92 Å². The first-order valence-electron chi connectivity index (χ1n) is 6.41. The molecular weight excluding hydrogens is 276 g/mol. The van der Waals surface area contributed by atoms with Crippen LogP contribution in [0, 0.1) is 17.0 Å². The van der Waals surface area contributed by atoms with Gasteiger partial charge in [-0.2, -0.15) is 0 Å². The topological polar surface area (TPSA) is 104 Å². The number of aliphatic hydroxyl groups excluding tert-OH is 1. The molecule has 2 N–H and O–H groups in total. The Morgan fingerprint density at radius 1 is 1.57 bits per heavy atom. The number of nitro groups is 1. The number of phenols is 1. The molecule has 0 aliphatic carbocycles. The zero-order valence-corrected chi connectivity index (χ0v) is 11.6. The van der Waals surface area contributed by atoms with Crippen molar-refractivity contribution in [1.29, 1.82) is 0 Å². The van der Waals surface area contributed by atoms with Gasteiger partial charge in [0.05, 0.1) is 23.6 Å². The Balaban J connectivity index is 2.45. The highest BCUT2D eigenvalue weighted by Crippen LogP contribution is 2.31. The van der Waals surface area contributed by atoms with Crippen molar-refractivity contribution in [3.05, 3.63) is 45.5 Å². The Kier molecular flexibility index (Phi) is 3.95. The van der Waals surface area contributed by atoms with Crippen LogP contribution >= 0.6 is 0 Å². The smallest absolute Gasteiger partial charge is 0.285 e. The van der Waals surface area contributed by atoms with Crippen molar-refractivity contribution < 1.29 is 19.9 Å². The minimum atomic E-state index is -0.703. The van der Waals surface area contributed by atoms with Crippen molar-refractivity contribution in [2.75, 3.05) is 13.2 Å². The molecule has 1 aliphatic heterocycles. The van der Waals surface area contributed by atoms with Crippen LogP contribution in [0.5, 0.6) is 5.75 Å². The maximum absolute atomic E-state index is 12.5. The molecule has 1 aliphatic rings. The van der Waals surface area contributed by atoms with Gasteiger partial charge in [0.1, 0.15) is 11.3 Å². The summed E-state index contributed by atoms with van der Waals surface area (Å²) in [5, 5.41) is 30.0. The molecule has 1 amide bonds. The van der Waals surface area contributed by atoms with Crippen LogP contribution < -0.4 is 0 Å². The number of amides is 1. The van der Waals surface area contributed by atoms with E-state index in [0.29, 0.717) is 12.0 Å². The van der Waals surface area contributed by atoms with Gasteiger partial charge in [0, 0.05) is 6.54 Å². The van der Waals surface area contributed by atoms with Crippen LogP contribution in [-0.2, 0) is 0 Å². The summed E-state index contributed by atoms with van der Waals surface area (Å²) in [5.41, 5.74) is 0.629. The van der Waals surface area contributed by atoms with Gasteiger partial charge in [0.15, 0.2) is 0 Å². The molecule has 0 aromatic heterocycles. The van der Waals surface area contributed by atoms with Gasteiger partial charge in [-0.05, 0) is 25.0 Å². The fourth-order valence-electron chi connectivity index (χ4n) is 2.44. The highest BCUT2D eigenvalue weighted by Gasteiger charge is 2.34. The summed E-state index contributed by atoms with van der Waals surface area (Å²) in [5.74, 6) is -0.773. The number of aliphatic hydroxyl groups is 1. The van der Waals surface area contributed by atoms with Crippen molar-refractivity contribution >= 4 is 11.6 Å². The molecule has 1 saturated heterocycles. The van der Waals surface area contributed by atoms with E-state index in [0.717, 1.165) is 11.6 Å². The van der Waals surface area contributed by atoms with Crippen molar-refractivity contribution in [1.82, 2.24) is 4.90 Å². The molecule has 2 rings (SSSR count). The summed E-state index contributed by atoms with van der Waals surface area (Å²) in [6.45, 7) is 5.39. The normalized spacial score (nSPS) is 18.1. The number of hydrogen-bond donors (Lipinski definition) is 2. The van der Waals surface area contributed by atoms with Crippen LogP contribution in [0.15, 0.2) is 24.3 Å². The average molecular weight is 292 g/mol. The fourth-order valence-corrected chi connectivity index (χ4v) is 2.44. The van der Waals surface area contributed by atoms with Gasteiger partial charge in [-0.15, -0.1) is 0 Å². The van der Waals surface area contributed by atoms with Gasteiger partial charge in [0.25, 0.3) is 11.6 Å². The minimum absolute atomic E-state index is 0.0940. The van der Waals surface area contributed by atoms with Gasteiger partial charge in [-0.3, -0.25) is 14.9 Å². The molecular formula is C14H16N2O5. The molecule has 1 fully saturated rings. The number of carbonyl (C=O) groups excluding carboxylic acids is 1. The second kappa shape index (κ2) is 5.53. The van der Waals surface area contributed by atoms with E-state index in [-0.39, 0.29) is 24.5 Å². The third kappa shape index (κ3) is 2.73. The van der Waals surface area contributed by atoms with Gasteiger partial charge < -0.3 is 15.1 Å². The van der Waals surface area contributed by atoms with Gasteiger partial charge in [0.2, 0.25) is 0 Å². The summed E-state index contributed by atoms with van der Waals surface area (Å²) in [4.78, 5) is 24.3. The SMILES string of the molecule is C=C1C[C@@H](CO)N(C(=O)c2cc(C)c(O)cc2[N+](=O)[O-])C1. The average Bonchev–Trinajstić information content (AvgIpc) is 2.81. The summed E-state index contributed by atoms with van der Waals surface area (Å²) in [7, 11) is 0. The predicted molar refractivity (Wildman–Crippen MR) is 75.2 cm³/mol. The number of aromatic hydroxyl groups is 1. The van der Waals surface area contributed by atoms with Crippen LogP contribution in [0.1, 0.15) is 22.3 Å². The quantitative estimate of drug-likeness (QED) is 0.497. The molecule has 1 atom stereocenters. The first-order valence-corrected chi connectivity index (χ1v) is 6.41. The lowest BCUT2D eigenvalue weighted by Gasteiger charge is -2.22.